The van der Waals surface area contributed by atoms with Crippen molar-refractivity contribution in [2.24, 2.45) is 0 Å². The molecule has 0 saturated carbocycles. The molecule has 2 aromatic rings. The van der Waals surface area contributed by atoms with Gasteiger partial charge in [-0.3, -0.25) is 0 Å². The lowest BCUT2D eigenvalue weighted by Gasteiger charge is -2.19. The average molecular weight is 347 g/mol. The van der Waals surface area contributed by atoms with Crippen LogP contribution in [-0.2, 0) is 15.9 Å². The lowest BCUT2D eigenvalue weighted by atomic mass is 10.9. The minimum absolute atomic E-state index is 0.0187. The summed E-state index contributed by atoms with van der Waals surface area (Å²) in [5.41, 5.74) is 1.16. The van der Waals surface area contributed by atoms with E-state index in [4.69, 9.17) is 23.4 Å². The first kappa shape index (κ1) is 13.9. The molecule has 1 aromatic heterocycles. The molecule has 0 N–H and O–H groups in total. The Morgan fingerprint density at radius 1 is 1.25 bits per heavy atom. The average Bonchev–Trinajstić information content (AvgIpc) is 3.14. The van der Waals surface area contributed by atoms with Gasteiger partial charge in [0.1, 0.15) is 22.6 Å². The lowest BCUT2D eigenvalue weighted by molar-refractivity contribution is -0.0337. The maximum atomic E-state index is 12.4. The molecule has 0 bridgehead atoms. The summed E-state index contributed by atoms with van der Waals surface area (Å²) in [6.45, 7) is 0.833. The zero-order valence-corrected chi connectivity index (χ0v) is 12.9. The van der Waals surface area contributed by atoms with Gasteiger partial charge in [-0.1, -0.05) is 0 Å². The van der Waals surface area contributed by atoms with E-state index in [1.807, 2.05) is 0 Å². The van der Waals surface area contributed by atoms with Crippen LogP contribution in [0.15, 0.2) is 15.3 Å². The highest BCUT2D eigenvalue weighted by molar-refractivity contribution is 6.01. The Bertz CT molecular complexity index is 942. The molecule has 1 fully saturated rings. The number of ether oxygens (including phenoxy) is 4. The molecule has 0 aliphatic carbocycles. The van der Waals surface area contributed by atoms with Crippen LogP contribution in [0.4, 0.5) is 0 Å². The highest BCUT2D eigenvalue weighted by atomic mass is 16.9. The van der Waals surface area contributed by atoms with Crippen molar-refractivity contribution in [1.82, 2.24) is 0 Å². The molecule has 1 saturated heterocycles. The van der Waals surface area contributed by atoms with Crippen LogP contribution in [0, 0.1) is 0 Å². The first-order valence-electron chi connectivity index (χ1n) is 7.85. The van der Waals surface area contributed by atoms with Crippen LogP contribution >= 0.6 is 0 Å². The zero-order chi connectivity index (χ0) is 16.4. The van der Waals surface area contributed by atoms with Crippen molar-refractivity contribution in [3.63, 3.8) is 0 Å². The fourth-order valence-electron chi connectivity index (χ4n) is 3.88. The fourth-order valence-corrected chi connectivity index (χ4v) is 3.88. The second-order valence-electron chi connectivity index (χ2n) is 6.08. The van der Waals surface area contributed by atoms with Gasteiger partial charge >= 0.3 is 11.6 Å². The summed E-state index contributed by atoms with van der Waals surface area (Å²) >= 11 is 0. The summed E-state index contributed by atoms with van der Waals surface area (Å²) < 4.78 is 27.4. The molecule has 7 heteroatoms. The van der Waals surface area contributed by atoms with Gasteiger partial charge in [0.25, 0.3) is 0 Å². The van der Waals surface area contributed by atoms with Crippen molar-refractivity contribution < 1.29 is 28.2 Å². The van der Waals surface area contributed by atoms with Crippen LogP contribution in [0.3, 0.4) is 0 Å². The standard InChI is InChI=1S/C17H14O7/c1-20-9-6-10-12(8-3-5-22-17(8)23-10)14-11(9)7-2-4-21-15(18)13(7)16(19)24-14/h6,8,17H,2-5H2,1H3/t8-,17+/m0/s1/i1+1,2+1,3+1,4+1,5+1,6+1,7+1,8+1,9+1,10+1,11+1,12+1,13+1,14+1,15+1,16+1,17+1. The van der Waals surface area contributed by atoms with Gasteiger partial charge in [0.05, 0.1) is 31.6 Å². The van der Waals surface area contributed by atoms with Gasteiger partial charge in [0, 0.05) is 18.1 Å². The Labute approximate surface area is 136 Å². The molecule has 0 radical (unpaired) electrons. The number of fused-ring (bicyclic) bond motifs is 7. The second-order valence-corrected chi connectivity index (χ2v) is 6.08. The minimum Gasteiger partial charge on any atom is -0.496 e. The molecule has 24 heavy (non-hydrogen) atoms. The maximum absolute atomic E-state index is 12.4. The molecule has 0 amide bonds. The van der Waals surface area contributed by atoms with Crippen LogP contribution in [0.1, 0.15) is 33.8 Å². The third kappa shape index (κ3) is 1.65. The van der Waals surface area contributed by atoms with E-state index in [-0.39, 0.29) is 24.4 Å². The van der Waals surface area contributed by atoms with Crippen molar-refractivity contribution in [2.45, 2.75) is 25.0 Å². The Hall–Kier alpha value is -2.54. The first-order chi connectivity index (χ1) is 11.7. The normalized spacial score (nSPS) is 24.1. The minimum atomic E-state index is -0.681. The number of carbonyl (C=O) groups excluding carboxylic acids is 1. The number of benzene rings is 1. The van der Waals surface area contributed by atoms with E-state index in [0.29, 0.717) is 41.1 Å². The monoisotopic (exact) mass is 347 g/mol. The molecule has 0 unspecified atom stereocenters. The fraction of sp³-hybridized carbons (Fsp3) is 0.412. The summed E-state index contributed by atoms with van der Waals surface area (Å²) in [5.74, 6) is 0.492. The van der Waals surface area contributed by atoms with E-state index in [2.05, 4.69) is 0 Å². The number of rotatable bonds is 1. The summed E-state index contributed by atoms with van der Waals surface area (Å²) in [6.07, 6.45) is 0.882. The van der Waals surface area contributed by atoms with E-state index in [0.717, 1.165) is 12.0 Å². The largest absolute Gasteiger partial charge is 0.496 e. The molecule has 2 atom stereocenters. The van der Waals surface area contributed by atoms with Crippen molar-refractivity contribution in [3.05, 3.63) is 33.2 Å². The van der Waals surface area contributed by atoms with Gasteiger partial charge in [-0.25, -0.2) is 9.59 Å². The van der Waals surface area contributed by atoms with Crippen LogP contribution in [0.2, 0.25) is 0 Å². The van der Waals surface area contributed by atoms with Gasteiger partial charge in [-0.15, -0.1) is 0 Å². The van der Waals surface area contributed by atoms with E-state index in [1.165, 1.54) is 7.11 Å². The highest BCUT2D eigenvalue weighted by Crippen LogP contribution is 2.50. The third-order valence-corrected chi connectivity index (χ3v) is 4.91. The van der Waals surface area contributed by atoms with Gasteiger partial charge in [-0.05, 0) is 12.0 Å². The van der Waals surface area contributed by atoms with Gasteiger partial charge in [-0.2, -0.15) is 0 Å². The summed E-state index contributed by atoms with van der Waals surface area (Å²) in [6, 6.07) is 1.78. The number of carbonyl (C=O) groups is 1. The molecule has 7 nitrogen and oxygen atoms in total. The van der Waals surface area contributed by atoms with Crippen LogP contribution in [0.25, 0.3) is 11.0 Å². The molecule has 124 valence electrons. The molecular weight excluding hydrogens is 333 g/mol. The maximum Gasteiger partial charge on any atom is 0.351 e. The van der Waals surface area contributed by atoms with E-state index in [9.17, 15) is 9.59 Å². The second kappa shape index (κ2) is 4.73. The molecule has 1 aromatic carbocycles. The molecule has 4 heterocycles. The molecule has 3 aliphatic rings. The third-order valence-electron chi connectivity index (χ3n) is 4.91. The highest BCUT2D eigenvalue weighted by Gasteiger charge is 2.43. The number of cyclic esters (lactones) is 1. The van der Waals surface area contributed by atoms with E-state index >= 15 is 0 Å². The SMILES string of the molecule is [13CH3]O[13c]1[13cH][13c]2[13c]([13c]3o[13c](=O)[13c]4[13c]([13c]13)[13CH2][13CH2]O[13C]4=O)[13C@@H]1[13CH2][13CH2]O[13C@@H]1O2. The number of methoxy groups -OCH3 is 1. The molecule has 0 spiro atoms. The summed E-state index contributed by atoms with van der Waals surface area (Å²) in [5, 5.41) is 0.652. The van der Waals surface area contributed by atoms with Crippen molar-refractivity contribution in [2.75, 3.05) is 20.3 Å². The Balaban J connectivity index is 1.91. The van der Waals surface area contributed by atoms with Gasteiger partial charge in [0.2, 0.25) is 6.29 Å². The Morgan fingerprint density at radius 3 is 2.96 bits per heavy atom. The van der Waals surface area contributed by atoms with Gasteiger partial charge < -0.3 is 23.4 Å². The topological polar surface area (TPSA) is 84.2 Å². The predicted molar refractivity (Wildman–Crippen MR) is 80.7 cm³/mol. The van der Waals surface area contributed by atoms with Crippen molar-refractivity contribution in [1.29, 1.82) is 0 Å². The smallest absolute Gasteiger partial charge is 0.351 e. The number of hydrogen-bond acceptors (Lipinski definition) is 7. The molecular formula is C17H14O7. The molecule has 3 aliphatic heterocycles. The van der Waals surface area contributed by atoms with Gasteiger partial charge in [0.15, 0.2) is 0 Å². The lowest BCUT2D eigenvalue weighted by Crippen LogP contribution is -2.26. The Morgan fingerprint density at radius 2 is 2.12 bits per heavy atom. The Kier molecular flexibility index (Phi) is 2.73. The summed E-state index contributed by atoms with van der Waals surface area (Å²) in [4.78, 5) is 24.4. The first-order valence-corrected chi connectivity index (χ1v) is 7.85. The van der Waals surface area contributed by atoms with Crippen molar-refractivity contribution >= 4 is 16.9 Å². The number of esters is 1. The van der Waals surface area contributed by atoms with E-state index < -0.39 is 11.6 Å². The summed E-state index contributed by atoms with van der Waals surface area (Å²) in [7, 11) is 1.53. The number of hydrogen-bond donors (Lipinski definition) is 0. The van der Waals surface area contributed by atoms with Crippen LogP contribution in [-0.4, -0.2) is 32.6 Å². The van der Waals surface area contributed by atoms with Crippen LogP contribution in [0.5, 0.6) is 11.5 Å². The van der Waals surface area contributed by atoms with Crippen molar-refractivity contribution in [3.8, 4) is 11.5 Å². The molecule has 5 rings (SSSR count). The quantitative estimate of drug-likeness (QED) is 0.441. The van der Waals surface area contributed by atoms with Crippen LogP contribution < -0.4 is 15.1 Å². The van der Waals surface area contributed by atoms with E-state index in [1.54, 1.807) is 6.07 Å². The predicted octanol–water partition coefficient (Wildman–Crippen LogP) is 1.74. The zero-order valence-electron chi connectivity index (χ0n) is 12.9.